The van der Waals surface area contributed by atoms with Gasteiger partial charge in [0.1, 0.15) is 8.42 Å². The molecule has 2 rings (SSSR count). The summed E-state index contributed by atoms with van der Waals surface area (Å²) in [5, 5.41) is 4.32. The molecular weight excluding hydrogens is 406 g/mol. The summed E-state index contributed by atoms with van der Waals surface area (Å²) in [4.78, 5) is 0. The summed E-state index contributed by atoms with van der Waals surface area (Å²) in [6.45, 7) is 3.67. The molecule has 0 aliphatic carbocycles. The highest BCUT2D eigenvalue weighted by Crippen LogP contribution is 2.44. The molecule has 12 heteroatoms. The summed E-state index contributed by atoms with van der Waals surface area (Å²) in [7, 11) is -6.29. The Morgan fingerprint density at radius 2 is 2.12 bits per heavy atom. The van der Waals surface area contributed by atoms with Gasteiger partial charge in [0.2, 0.25) is 10.0 Å². The molecule has 0 aromatic carbocycles. The van der Waals surface area contributed by atoms with Crippen molar-refractivity contribution in [3.63, 3.8) is 0 Å². The zero-order valence-corrected chi connectivity index (χ0v) is 17.2. The van der Waals surface area contributed by atoms with Gasteiger partial charge < -0.3 is 18.9 Å². The van der Waals surface area contributed by atoms with E-state index in [0.717, 1.165) is 0 Å². The Kier molecular flexibility index (Phi) is 7.18. The molecule has 3 unspecified atom stereocenters. The average molecular weight is 430 g/mol. The number of primary sulfonamides is 1. The van der Waals surface area contributed by atoms with Crippen LogP contribution in [0.1, 0.15) is 31.9 Å². The zero-order chi connectivity index (χ0) is 19.5. The van der Waals surface area contributed by atoms with E-state index >= 15 is 0 Å². The topological polar surface area (TPSA) is 131 Å². The lowest BCUT2D eigenvalue weighted by molar-refractivity contribution is -0.190. The molecule has 0 saturated carbocycles. The van der Waals surface area contributed by atoms with Gasteiger partial charge in [0.05, 0.1) is 18.0 Å². The molecule has 1 aliphatic heterocycles. The molecule has 0 spiro atoms. The Labute approximate surface area is 157 Å². The van der Waals surface area contributed by atoms with Crippen LogP contribution >= 0.6 is 11.3 Å². The third kappa shape index (κ3) is 4.81. The maximum absolute atomic E-state index is 12.8. The molecule has 0 bridgehead atoms. The van der Waals surface area contributed by atoms with Crippen molar-refractivity contribution in [2.75, 3.05) is 27.1 Å². The molecule has 1 aliphatic rings. The highest BCUT2D eigenvalue weighted by molar-refractivity contribution is 7.95. The summed E-state index contributed by atoms with van der Waals surface area (Å²) in [5.41, 5.74) is 0.278. The van der Waals surface area contributed by atoms with E-state index in [1.54, 1.807) is 13.8 Å². The molecule has 0 fully saturated rings. The van der Waals surface area contributed by atoms with Crippen LogP contribution < -0.4 is 5.14 Å². The highest BCUT2D eigenvalue weighted by Gasteiger charge is 2.42. The van der Waals surface area contributed by atoms with E-state index in [4.69, 9.17) is 24.1 Å². The Hall–Kier alpha value is -0.600. The van der Waals surface area contributed by atoms with E-state index in [9.17, 15) is 16.8 Å². The van der Waals surface area contributed by atoms with Crippen LogP contribution in [0.4, 0.5) is 0 Å². The van der Waals surface area contributed by atoms with Crippen molar-refractivity contribution in [2.45, 2.75) is 46.3 Å². The van der Waals surface area contributed by atoms with Crippen molar-refractivity contribution in [2.24, 2.45) is 5.14 Å². The quantitative estimate of drug-likeness (QED) is 0.575. The summed E-state index contributed by atoms with van der Waals surface area (Å²) >= 11 is 0.632. The predicted molar refractivity (Wildman–Crippen MR) is 94.0 cm³/mol. The Bertz CT molecular complexity index is 817. The normalized spacial score (nSPS) is 23.5. The van der Waals surface area contributed by atoms with Crippen LogP contribution in [-0.2, 0) is 38.8 Å². The van der Waals surface area contributed by atoms with Gasteiger partial charge in [-0.15, -0.1) is 11.3 Å². The van der Waals surface area contributed by atoms with E-state index in [1.165, 1.54) is 13.2 Å². The van der Waals surface area contributed by atoms with Crippen LogP contribution in [0.5, 0.6) is 0 Å². The minimum Gasteiger partial charge on any atom is -0.380 e. The second-order valence-electron chi connectivity index (χ2n) is 5.66. The number of hydrogen-bond donors (Lipinski definition) is 1. The zero-order valence-electron chi connectivity index (χ0n) is 14.7. The van der Waals surface area contributed by atoms with Crippen molar-refractivity contribution >= 4 is 31.2 Å². The van der Waals surface area contributed by atoms with Gasteiger partial charge in [-0.3, -0.25) is 0 Å². The molecule has 26 heavy (non-hydrogen) atoms. The molecule has 1 aromatic rings. The Balaban J connectivity index is 2.35. The standard InChI is InChI=1S/C14H23NO8S3/c1-4-21-7-10-5-12(23-8-22-9(2)20-3)11-6-13(26(15,18)19)24-14(11)25(10,16)17/h6,9-10,12H,4-5,7-8H2,1-3H3,(H2,15,18,19). The highest BCUT2D eigenvalue weighted by atomic mass is 32.3. The largest absolute Gasteiger partial charge is 0.380 e. The number of hydrogen-bond acceptors (Lipinski definition) is 9. The lowest BCUT2D eigenvalue weighted by Crippen LogP contribution is -2.34. The first kappa shape index (κ1) is 21.7. The van der Waals surface area contributed by atoms with Crippen molar-refractivity contribution in [3.8, 4) is 0 Å². The molecule has 3 atom stereocenters. The molecule has 0 amide bonds. The lowest BCUT2D eigenvalue weighted by atomic mass is 10.1. The summed E-state index contributed by atoms with van der Waals surface area (Å²) in [6.07, 6.45) is -1.03. The Morgan fingerprint density at radius 3 is 2.69 bits per heavy atom. The van der Waals surface area contributed by atoms with Gasteiger partial charge in [0.15, 0.2) is 22.9 Å². The van der Waals surface area contributed by atoms with E-state index in [1.807, 2.05) is 0 Å². The second kappa shape index (κ2) is 8.61. The number of methoxy groups -OCH3 is 1. The van der Waals surface area contributed by atoms with Gasteiger partial charge in [-0.1, -0.05) is 0 Å². The van der Waals surface area contributed by atoms with E-state index < -0.39 is 37.5 Å². The van der Waals surface area contributed by atoms with Gasteiger partial charge in [-0.2, -0.15) is 0 Å². The van der Waals surface area contributed by atoms with Gasteiger partial charge >= 0.3 is 0 Å². The first-order chi connectivity index (χ1) is 12.1. The van der Waals surface area contributed by atoms with Gasteiger partial charge in [-0.05, 0) is 26.3 Å². The molecular formula is C14H23NO8S3. The molecule has 9 nitrogen and oxygen atoms in total. The summed E-state index contributed by atoms with van der Waals surface area (Å²) in [6, 6.07) is 1.26. The smallest absolute Gasteiger partial charge is 0.247 e. The first-order valence-electron chi connectivity index (χ1n) is 7.85. The number of nitrogens with two attached hydrogens (primary N) is 1. The fraction of sp³-hybridized carbons (Fsp3) is 0.714. The SMILES string of the molecule is CCOCC1CC(OCOC(C)OC)c2cc(S(N)(=O)=O)sc2S1(=O)=O. The maximum atomic E-state index is 12.8. The molecule has 0 radical (unpaired) electrons. The first-order valence-corrected chi connectivity index (χ1v) is 11.8. The molecule has 150 valence electrons. The van der Waals surface area contributed by atoms with Crippen LogP contribution in [0, 0.1) is 0 Å². The number of rotatable bonds is 9. The van der Waals surface area contributed by atoms with Crippen LogP contribution in [0.25, 0.3) is 0 Å². The monoisotopic (exact) mass is 429 g/mol. The number of thiophene rings is 1. The van der Waals surface area contributed by atoms with E-state index in [0.29, 0.717) is 17.9 Å². The minimum atomic E-state index is -4.03. The van der Waals surface area contributed by atoms with Crippen LogP contribution in [0.3, 0.4) is 0 Å². The van der Waals surface area contributed by atoms with Crippen molar-refractivity contribution in [3.05, 3.63) is 11.6 Å². The number of sulfonamides is 1. The van der Waals surface area contributed by atoms with Gasteiger partial charge in [-0.25, -0.2) is 22.0 Å². The number of sulfone groups is 1. The van der Waals surface area contributed by atoms with Crippen LogP contribution in [0.15, 0.2) is 14.5 Å². The van der Waals surface area contributed by atoms with E-state index in [2.05, 4.69) is 0 Å². The lowest BCUT2D eigenvalue weighted by Gasteiger charge is -2.29. The molecule has 2 N–H and O–H groups in total. The third-order valence-electron chi connectivity index (χ3n) is 3.92. The van der Waals surface area contributed by atoms with Gasteiger partial charge in [0.25, 0.3) is 0 Å². The molecule has 2 heterocycles. The second-order valence-corrected chi connectivity index (χ2v) is 10.9. The van der Waals surface area contributed by atoms with E-state index in [-0.39, 0.29) is 33.8 Å². The number of fused-ring (bicyclic) bond motifs is 1. The summed E-state index contributed by atoms with van der Waals surface area (Å²) in [5.74, 6) is 0. The van der Waals surface area contributed by atoms with Crippen molar-refractivity contribution in [1.29, 1.82) is 0 Å². The maximum Gasteiger partial charge on any atom is 0.247 e. The fourth-order valence-electron chi connectivity index (χ4n) is 2.45. The van der Waals surface area contributed by atoms with Crippen LogP contribution in [-0.4, -0.2) is 55.5 Å². The number of ether oxygens (including phenoxy) is 4. The van der Waals surface area contributed by atoms with Crippen molar-refractivity contribution < 1.29 is 35.8 Å². The summed E-state index contributed by atoms with van der Waals surface area (Å²) < 4.78 is 69.8. The minimum absolute atomic E-state index is 0.00390. The average Bonchev–Trinajstić information content (AvgIpc) is 3.02. The predicted octanol–water partition coefficient (Wildman–Crippen LogP) is 1.00. The third-order valence-corrected chi connectivity index (χ3v) is 9.19. The Morgan fingerprint density at radius 1 is 1.42 bits per heavy atom. The molecule has 0 saturated heterocycles. The van der Waals surface area contributed by atoms with Gasteiger partial charge in [0, 0.05) is 19.3 Å². The van der Waals surface area contributed by atoms with Crippen molar-refractivity contribution in [1.82, 2.24) is 0 Å². The molecule has 1 aromatic heterocycles. The fourth-order valence-corrected chi connectivity index (χ4v) is 6.95. The van der Waals surface area contributed by atoms with Crippen LogP contribution in [0.2, 0.25) is 0 Å².